The third-order valence-electron chi connectivity index (χ3n) is 2.53. The summed E-state index contributed by atoms with van der Waals surface area (Å²) >= 11 is 0. The van der Waals surface area contributed by atoms with E-state index in [-0.39, 0.29) is 18.3 Å². The lowest BCUT2D eigenvalue weighted by Crippen LogP contribution is -2.24. The number of nitrogens with two attached hydrogens (primary N) is 1. The number of amides is 1. The Morgan fingerprint density at radius 2 is 2.06 bits per heavy atom. The maximum absolute atomic E-state index is 11.5. The number of unbranched alkanes of at least 4 members (excludes halogenated alkanes) is 1. The van der Waals surface area contributed by atoms with Gasteiger partial charge in [-0.15, -0.1) is 12.4 Å². The van der Waals surface area contributed by atoms with Crippen LogP contribution < -0.4 is 11.1 Å². The number of carbonyl (C=O) groups excluding carboxylic acids is 1. The Bertz CT molecular complexity index is 342. The first kappa shape index (κ1) is 15.8. The van der Waals surface area contributed by atoms with Gasteiger partial charge in [0.15, 0.2) is 0 Å². The highest BCUT2D eigenvalue weighted by Crippen LogP contribution is 2.12. The monoisotopic (exact) mass is 256 g/mol. The molecule has 0 fully saturated rings. The predicted molar refractivity (Wildman–Crippen MR) is 74.3 cm³/mol. The second-order valence-corrected chi connectivity index (χ2v) is 3.90. The van der Waals surface area contributed by atoms with Gasteiger partial charge in [-0.05, 0) is 24.5 Å². The molecule has 0 saturated carbocycles. The number of nitrogens with one attached hydrogen (secondary N) is 1. The summed E-state index contributed by atoms with van der Waals surface area (Å²) in [6.45, 7) is 2.89. The summed E-state index contributed by atoms with van der Waals surface area (Å²) in [6, 6.07) is 7.68. The number of nitrogen functional groups attached to an aromatic ring is 1. The van der Waals surface area contributed by atoms with E-state index in [1.54, 1.807) is 0 Å². The molecule has 0 radical (unpaired) electrons. The lowest BCUT2D eigenvalue weighted by molar-refractivity contribution is -0.121. The number of para-hydroxylation sites is 1. The number of hydrogen-bond acceptors (Lipinski definition) is 2. The van der Waals surface area contributed by atoms with E-state index in [0.717, 1.165) is 30.6 Å². The van der Waals surface area contributed by atoms with Crippen molar-refractivity contribution in [2.45, 2.75) is 32.6 Å². The molecule has 1 aromatic carbocycles. The molecule has 0 aliphatic heterocycles. The fraction of sp³-hybridized carbons (Fsp3) is 0.462. The number of anilines is 1. The lowest BCUT2D eigenvalue weighted by atomic mass is 10.1. The molecule has 1 rings (SSSR count). The summed E-state index contributed by atoms with van der Waals surface area (Å²) in [4.78, 5) is 11.5. The van der Waals surface area contributed by atoms with E-state index in [0.29, 0.717) is 12.8 Å². The first-order valence-electron chi connectivity index (χ1n) is 5.84. The van der Waals surface area contributed by atoms with E-state index >= 15 is 0 Å². The van der Waals surface area contributed by atoms with Crippen LogP contribution in [0.25, 0.3) is 0 Å². The Labute approximate surface area is 109 Å². The first-order chi connectivity index (χ1) is 7.74. The van der Waals surface area contributed by atoms with Crippen LogP contribution in [0.4, 0.5) is 5.69 Å². The van der Waals surface area contributed by atoms with Crippen LogP contribution in [0.15, 0.2) is 24.3 Å². The molecule has 0 saturated heterocycles. The Balaban J connectivity index is 0.00000256. The van der Waals surface area contributed by atoms with Gasteiger partial charge in [0.2, 0.25) is 5.91 Å². The van der Waals surface area contributed by atoms with Crippen LogP contribution in [0.1, 0.15) is 31.7 Å². The maximum Gasteiger partial charge on any atom is 0.220 e. The van der Waals surface area contributed by atoms with Crippen LogP contribution in [0.2, 0.25) is 0 Å². The number of hydrogen-bond donors (Lipinski definition) is 2. The number of benzene rings is 1. The van der Waals surface area contributed by atoms with Crippen LogP contribution in [-0.4, -0.2) is 12.5 Å². The fourth-order valence-electron chi connectivity index (χ4n) is 1.50. The lowest BCUT2D eigenvalue weighted by Gasteiger charge is -2.06. The molecule has 0 aliphatic rings. The second-order valence-electron chi connectivity index (χ2n) is 3.90. The number of rotatable bonds is 6. The predicted octanol–water partition coefficient (Wildman–Crippen LogP) is 2.54. The largest absolute Gasteiger partial charge is 0.399 e. The maximum atomic E-state index is 11.5. The van der Waals surface area contributed by atoms with Crippen molar-refractivity contribution in [2.75, 3.05) is 12.3 Å². The van der Waals surface area contributed by atoms with Gasteiger partial charge in [0, 0.05) is 18.7 Å². The molecule has 3 N–H and O–H groups in total. The highest BCUT2D eigenvalue weighted by atomic mass is 35.5. The number of halogens is 1. The summed E-state index contributed by atoms with van der Waals surface area (Å²) in [5.74, 6) is 0.108. The molecule has 0 atom stereocenters. The smallest absolute Gasteiger partial charge is 0.220 e. The molecule has 4 heteroatoms. The van der Waals surface area contributed by atoms with Crippen LogP contribution in [0.3, 0.4) is 0 Å². The average Bonchev–Trinajstić information content (AvgIpc) is 2.28. The number of aryl methyl sites for hydroxylation is 1. The Morgan fingerprint density at radius 3 is 2.71 bits per heavy atom. The van der Waals surface area contributed by atoms with Crippen molar-refractivity contribution in [1.29, 1.82) is 0 Å². The minimum Gasteiger partial charge on any atom is -0.399 e. The van der Waals surface area contributed by atoms with Crippen molar-refractivity contribution < 1.29 is 4.79 Å². The van der Waals surface area contributed by atoms with Gasteiger partial charge in [0.05, 0.1) is 0 Å². The quantitative estimate of drug-likeness (QED) is 0.607. The molecule has 96 valence electrons. The molecule has 3 nitrogen and oxygen atoms in total. The summed E-state index contributed by atoms with van der Waals surface area (Å²) < 4.78 is 0. The van der Waals surface area contributed by atoms with Gasteiger partial charge in [0.25, 0.3) is 0 Å². The molecular formula is C13H21ClN2O. The molecule has 0 heterocycles. The SMILES string of the molecule is CCCCNC(=O)CCc1ccccc1N.Cl. The van der Waals surface area contributed by atoms with Crippen molar-refractivity contribution in [2.24, 2.45) is 0 Å². The van der Waals surface area contributed by atoms with E-state index in [4.69, 9.17) is 5.73 Å². The van der Waals surface area contributed by atoms with Crippen LogP contribution in [0, 0.1) is 0 Å². The highest BCUT2D eigenvalue weighted by molar-refractivity contribution is 5.85. The Kier molecular flexibility index (Phi) is 8.24. The highest BCUT2D eigenvalue weighted by Gasteiger charge is 2.03. The zero-order chi connectivity index (χ0) is 11.8. The molecule has 0 aromatic heterocycles. The van der Waals surface area contributed by atoms with Gasteiger partial charge in [-0.1, -0.05) is 31.5 Å². The van der Waals surface area contributed by atoms with Crippen molar-refractivity contribution >= 4 is 24.0 Å². The molecule has 1 aromatic rings. The molecule has 1 amide bonds. The van der Waals surface area contributed by atoms with Gasteiger partial charge < -0.3 is 11.1 Å². The van der Waals surface area contributed by atoms with Crippen LogP contribution in [-0.2, 0) is 11.2 Å². The molecular weight excluding hydrogens is 236 g/mol. The van der Waals surface area contributed by atoms with Crippen LogP contribution in [0.5, 0.6) is 0 Å². The summed E-state index contributed by atoms with van der Waals surface area (Å²) in [5.41, 5.74) is 7.61. The van der Waals surface area contributed by atoms with E-state index in [1.165, 1.54) is 0 Å². The van der Waals surface area contributed by atoms with Crippen molar-refractivity contribution in [3.8, 4) is 0 Å². The summed E-state index contributed by atoms with van der Waals surface area (Å²) in [6.07, 6.45) is 3.37. The van der Waals surface area contributed by atoms with Crippen molar-refractivity contribution in [3.05, 3.63) is 29.8 Å². The average molecular weight is 257 g/mol. The van der Waals surface area contributed by atoms with Crippen molar-refractivity contribution in [3.63, 3.8) is 0 Å². The minimum atomic E-state index is 0. The van der Waals surface area contributed by atoms with E-state index in [2.05, 4.69) is 12.2 Å². The fourth-order valence-corrected chi connectivity index (χ4v) is 1.50. The van der Waals surface area contributed by atoms with E-state index < -0.39 is 0 Å². The zero-order valence-electron chi connectivity index (χ0n) is 10.2. The van der Waals surface area contributed by atoms with E-state index in [1.807, 2.05) is 24.3 Å². The van der Waals surface area contributed by atoms with Gasteiger partial charge in [-0.2, -0.15) is 0 Å². The van der Waals surface area contributed by atoms with Gasteiger partial charge in [-0.25, -0.2) is 0 Å². The Morgan fingerprint density at radius 1 is 1.35 bits per heavy atom. The second kappa shape index (κ2) is 8.88. The minimum absolute atomic E-state index is 0. The van der Waals surface area contributed by atoms with Crippen molar-refractivity contribution in [1.82, 2.24) is 5.32 Å². The molecule has 0 spiro atoms. The summed E-state index contributed by atoms with van der Waals surface area (Å²) in [5, 5.41) is 2.89. The third kappa shape index (κ3) is 6.17. The normalized spacial score (nSPS) is 9.47. The van der Waals surface area contributed by atoms with E-state index in [9.17, 15) is 4.79 Å². The molecule has 17 heavy (non-hydrogen) atoms. The van der Waals surface area contributed by atoms with Crippen LogP contribution >= 0.6 is 12.4 Å². The Hall–Kier alpha value is -1.22. The van der Waals surface area contributed by atoms with Gasteiger partial charge in [-0.3, -0.25) is 4.79 Å². The molecule has 0 unspecified atom stereocenters. The molecule has 0 aliphatic carbocycles. The van der Waals surface area contributed by atoms with Gasteiger partial charge in [0.1, 0.15) is 0 Å². The van der Waals surface area contributed by atoms with Gasteiger partial charge >= 0.3 is 0 Å². The topological polar surface area (TPSA) is 55.1 Å². The number of carbonyl (C=O) groups is 1. The summed E-state index contributed by atoms with van der Waals surface area (Å²) in [7, 11) is 0. The molecule has 0 bridgehead atoms. The first-order valence-corrected chi connectivity index (χ1v) is 5.84. The zero-order valence-corrected chi connectivity index (χ0v) is 11.1. The third-order valence-corrected chi connectivity index (χ3v) is 2.53. The standard InChI is InChI=1S/C13H20N2O.ClH/c1-2-3-10-15-13(16)9-8-11-6-4-5-7-12(11)14;/h4-7H,2-3,8-10,14H2,1H3,(H,15,16);1H.